The number of piperidine rings is 1. The summed E-state index contributed by atoms with van der Waals surface area (Å²) in [6, 6.07) is 17.4. The number of Topliss-reactive ketones (excluding diaryl/α,β-unsaturated/α-hetero) is 2. The highest BCUT2D eigenvalue weighted by Crippen LogP contribution is 2.44. The molecule has 1 aliphatic heterocycles. The van der Waals surface area contributed by atoms with E-state index in [-0.39, 0.29) is 55.7 Å². The van der Waals surface area contributed by atoms with Crippen LogP contribution in [0.4, 0.5) is 9.59 Å². The number of nitrogens with one attached hydrogen (secondary N) is 3. The quantitative estimate of drug-likeness (QED) is 0.246. The van der Waals surface area contributed by atoms with E-state index in [0.29, 0.717) is 13.0 Å². The Bertz CT molecular complexity index is 1330. The van der Waals surface area contributed by atoms with Gasteiger partial charge in [-0.25, -0.2) is 9.59 Å². The first-order chi connectivity index (χ1) is 20.9. The summed E-state index contributed by atoms with van der Waals surface area (Å²) in [5, 5.41) is 7.68. The van der Waals surface area contributed by atoms with E-state index in [4.69, 9.17) is 9.47 Å². The van der Waals surface area contributed by atoms with Gasteiger partial charge in [-0.05, 0) is 51.2 Å². The average Bonchev–Trinajstić information content (AvgIpc) is 3.56. The number of carbonyl (C=O) groups excluding carboxylic acids is 5. The molecule has 1 aliphatic carbocycles. The minimum atomic E-state index is -1.27. The highest BCUT2D eigenvalue weighted by atomic mass is 16.6. The number of carbonyl (C=O) groups is 5. The SMILES string of the molecule is C[C@H](c1ccccc1)N1C[C@@H]2C[C@H]1C(=O)C2C(=O)C[C@H](NC(=O)OCc1ccccc1)C(=O)NCCNC(=O)OC(C)(C)C. The van der Waals surface area contributed by atoms with E-state index in [0.717, 1.165) is 11.1 Å². The number of hydrogen-bond donors (Lipinski definition) is 3. The van der Waals surface area contributed by atoms with Gasteiger partial charge < -0.3 is 25.4 Å². The van der Waals surface area contributed by atoms with Crippen molar-refractivity contribution >= 4 is 29.7 Å². The zero-order chi connectivity index (χ0) is 31.9. The molecular formula is C33H42N4O7. The molecule has 2 aromatic rings. The predicted octanol–water partition coefficient (Wildman–Crippen LogP) is 3.53. The van der Waals surface area contributed by atoms with Gasteiger partial charge in [0.15, 0.2) is 5.78 Å². The lowest BCUT2D eigenvalue weighted by molar-refractivity contribution is -0.138. The Labute approximate surface area is 258 Å². The normalized spacial score (nSPS) is 20.8. The van der Waals surface area contributed by atoms with Gasteiger partial charge in [0.25, 0.3) is 0 Å². The van der Waals surface area contributed by atoms with Crippen molar-refractivity contribution in [2.45, 2.75) is 70.9 Å². The summed E-state index contributed by atoms with van der Waals surface area (Å²) in [6.45, 7) is 7.95. The largest absolute Gasteiger partial charge is 0.445 e. The number of rotatable bonds is 12. The molecule has 236 valence electrons. The van der Waals surface area contributed by atoms with Crippen molar-refractivity contribution in [3.63, 3.8) is 0 Å². The van der Waals surface area contributed by atoms with Gasteiger partial charge >= 0.3 is 12.2 Å². The van der Waals surface area contributed by atoms with Crippen molar-refractivity contribution in [2.75, 3.05) is 19.6 Å². The third-order valence-electron chi connectivity index (χ3n) is 7.92. The molecule has 44 heavy (non-hydrogen) atoms. The minimum absolute atomic E-state index is 0.0188. The Morgan fingerprint density at radius 3 is 2.20 bits per heavy atom. The molecular weight excluding hydrogens is 564 g/mol. The van der Waals surface area contributed by atoms with Crippen LogP contribution in [-0.2, 0) is 30.5 Å². The van der Waals surface area contributed by atoms with Gasteiger partial charge in [-0.2, -0.15) is 0 Å². The molecule has 2 bridgehead atoms. The molecule has 2 aliphatic rings. The molecule has 0 aromatic heterocycles. The predicted molar refractivity (Wildman–Crippen MR) is 162 cm³/mol. The average molecular weight is 607 g/mol. The summed E-state index contributed by atoms with van der Waals surface area (Å²) in [5.74, 6) is -2.13. The summed E-state index contributed by atoms with van der Waals surface area (Å²) in [6.07, 6.45) is -1.27. The zero-order valence-corrected chi connectivity index (χ0v) is 25.7. The molecule has 1 saturated carbocycles. The summed E-state index contributed by atoms with van der Waals surface area (Å²) in [7, 11) is 0. The molecule has 5 atom stereocenters. The molecule has 3 N–H and O–H groups in total. The van der Waals surface area contributed by atoms with Crippen molar-refractivity contribution in [2.24, 2.45) is 11.8 Å². The highest BCUT2D eigenvalue weighted by molar-refractivity contribution is 6.08. The molecule has 1 unspecified atom stereocenters. The maximum atomic E-state index is 13.5. The van der Waals surface area contributed by atoms with Crippen molar-refractivity contribution in [3.05, 3.63) is 71.8 Å². The maximum absolute atomic E-state index is 13.5. The van der Waals surface area contributed by atoms with E-state index in [1.54, 1.807) is 32.9 Å². The highest BCUT2D eigenvalue weighted by Gasteiger charge is 2.55. The third-order valence-corrected chi connectivity index (χ3v) is 7.92. The van der Waals surface area contributed by atoms with E-state index in [1.165, 1.54) is 0 Å². The first-order valence-corrected chi connectivity index (χ1v) is 15.0. The number of benzene rings is 2. The van der Waals surface area contributed by atoms with Crippen LogP contribution in [0.5, 0.6) is 0 Å². The van der Waals surface area contributed by atoms with Crippen LogP contribution in [0.25, 0.3) is 0 Å². The number of likely N-dealkylation sites (tertiary alicyclic amines) is 1. The molecule has 2 fully saturated rings. The maximum Gasteiger partial charge on any atom is 0.408 e. The van der Waals surface area contributed by atoms with Crippen molar-refractivity contribution in [3.8, 4) is 0 Å². The molecule has 1 heterocycles. The molecule has 2 aromatic carbocycles. The van der Waals surface area contributed by atoms with Gasteiger partial charge in [-0.15, -0.1) is 0 Å². The molecule has 11 heteroatoms. The zero-order valence-electron chi connectivity index (χ0n) is 25.7. The van der Waals surface area contributed by atoms with Gasteiger partial charge in [-0.1, -0.05) is 60.7 Å². The first-order valence-electron chi connectivity index (χ1n) is 15.0. The van der Waals surface area contributed by atoms with Gasteiger partial charge in [0.1, 0.15) is 24.0 Å². The molecule has 1 saturated heterocycles. The Hall–Kier alpha value is -4.25. The number of nitrogens with zero attached hydrogens (tertiary/aromatic N) is 1. The fourth-order valence-electron chi connectivity index (χ4n) is 5.86. The van der Waals surface area contributed by atoms with E-state index in [9.17, 15) is 24.0 Å². The molecule has 3 amide bonds. The fraction of sp³-hybridized carbons (Fsp3) is 0.485. The molecule has 0 spiro atoms. The van der Waals surface area contributed by atoms with E-state index in [2.05, 4.69) is 27.8 Å². The van der Waals surface area contributed by atoms with Crippen molar-refractivity contribution < 1.29 is 33.4 Å². The van der Waals surface area contributed by atoms with E-state index in [1.807, 2.05) is 48.5 Å². The van der Waals surface area contributed by atoms with Crippen LogP contribution in [0.15, 0.2) is 60.7 Å². The number of ketones is 2. The Balaban J connectivity index is 1.36. The van der Waals surface area contributed by atoms with Gasteiger partial charge in [0.05, 0.1) is 12.0 Å². The van der Waals surface area contributed by atoms with Crippen LogP contribution >= 0.6 is 0 Å². The Morgan fingerprint density at radius 2 is 1.57 bits per heavy atom. The summed E-state index contributed by atoms with van der Waals surface area (Å²) < 4.78 is 10.5. The fourth-order valence-corrected chi connectivity index (χ4v) is 5.86. The first kappa shape index (κ1) is 32.7. The summed E-state index contributed by atoms with van der Waals surface area (Å²) in [4.78, 5) is 66.8. The number of fused-ring (bicyclic) bond motifs is 2. The third kappa shape index (κ3) is 8.66. The smallest absolute Gasteiger partial charge is 0.408 e. The number of amides is 3. The molecule has 0 radical (unpaired) electrons. The monoisotopic (exact) mass is 606 g/mol. The lowest BCUT2D eigenvalue weighted by atomic mass is 9.86. The Kier molecular flexibility index (Phi) is 10.7. The standard InChI is InChI=1S/C33H42N4O7/c1-21(23-13-9-6-10-14-23)37-19-24-17-26(37)29(39)28(24)27(38)18-25(36-32(42)43-20-22-11-7-5-8-12-22)30(40)34-15-16-35-31(41)44-33(2,3)4/h5-14,21,24-26,28H,15-20H2,1-4H3,(H,34,40)(H,35,41)(H,36,42)/t21-,24+,25+,26+,28?/m1/s1. The summed E-state index contributed by atoms with van der Waals surface area (Å²) in [5.41, 5.74) is 1.19. The van der Waals surface area contributed by atoms with E-state index < -0.39 is 35.7 Å². The number of alkyl carbamates (subject to hydrolysis) is 2. The summed E-state index contributed by atoms with van der Waals surface area (Å²) >= 11 is 0. The van der Waals surface area contributed by atoms with E-state index >= 15 is 0 Å². The molecule has 11 nitrogen and oxygen atoms in total. The van der Waals surface area contributed by atoms with Crippen molar-refractivity contribution in [1.82, 2.24) is 20.9 Å². The van der Waals surface area contributed by atoms with Crippen molar-refractivity contribution in [1.29, 1.82) is 0 Å². The van der Waals surface area contributed by atoms with Crippen LogP contribution < -0.4 is 16.0 Å². The second-order valence-corrected chi connectivity index (χ2v) is 12.3. The second kappa shape index (κ2) is 14.5. The lowest BCUT2D eigenvalue weighted by Gasteiger charge is -2.35. The minimum Gasteiger partial charge on any atom is -0.445 e. The number of ether oxygens (including phenoxy) is 2. The van der Waals surface area contributed by atoms with Crippen LogP contribution in [0.1, 0.15) is 57.7 Å². The van der Waals surface area contributed by atoms with Gasteiger partial charge in [0, 0.05) is 32.1 Å². The van der Waals surface area contributed by atoms with Crippen LogP contribution in [0, 0.1) is 11.8 Å². The lowest BCUT2D eigenvalue weighted by Crippen LogP contribution is -2.51. The van der Waals surface area contributed by atoms with Crippen LogP contribution in [0.3, 0.4) is 0 Å². The van der Waals surface area contributed by atoms with Crippen LogP contribution in [0.2, 0.25) is 0 Å². The van der Waals surface area contributed by atoms with Crippen LogP contribution in [-0.4, -0.2) is 71.9 Å². The van der Waals surface area contributed by atoms with Gasteiger partial charge in [-0.3, -0.25) is 19.3 Å². The Morgan fingerprint density at radius 1 is 0.932 bits per heavy atom. The topological polar surface area (TPSA) is 143 Å². The second-order valence-electron chi connectivity index (χ2n) is 12.3. The number of hydrogen-bond acceptors (Lipinski definition) is 8. The molecule has 4 rings (SSSR count). The van der Waals surface area contributed by atoms with Gasteiger partial charge in [0.2, 0.25) is 5.91 Å².